The van der Waals surface area contributed by atoms with E-state index in [9.17, 15) is 10.2 Å². The molecule has 116 valence electrons. The van der Waals surface area contributed by atoms with Crippen molar-refractivity contribution in [3.8, 4) is 5.75 Å². The zero-order valence-electron chi connectivity index (χ0n) is 12.0. The molecule has 2 aliphatic rings. The highest BCUT2D eigenvalue weighted by Gasteiger charge is 2.51. The monoisotopic (exact) mass is 296 g/mol. The summed E-state index contributed by atoms with van der Waals surface area (Å²) in [5.41, 5.74) is 0. The van der Waals surface area contributed by atoms with Crippen LogP contribution in [0.3, 0.4) is 0 Å². The summed E-state index contributed by atoms with van der Waals surface area (Å²) in [7, 11) is 0. The number of fused-ring (bicyclic) bond motifs is 1. The highest BCUT2D eigenvalue weighted by atomic mass is 16.8. The maximum absolute atomic E-state index is 10.3. The van der Waals surface area contributed by atoms with Gasteiger partial charge in [-0.3, -0.25) is 0 Å². The van der Waals surface area contributed by atoms with Crippen LogP contribution >= 0.6 is 0 Å². The van der Waals surface area contributed by atoms with Crippen LogP contribution in [0.25, 0.3) is 0 Å². The molecule has 0 spiro atoms. The zero-order valence-corrected chi connectivity index (χ0v) is 12.0. The fourth-order valence-electron chi connectivity index (χ4n) is 2.56. The Bertz CT molecular complexity index is 474. The Morgan fingerprint density at radius 3 is 2.57 bits per heavy atom. The Labute approximate surface area is 123 Å². The molecule has 6 nitrogen and oxygen atoms in total. The number of para-hydroxylation sites is 1. The van der Waals surface area contributed by atoms with Gasteiger partial charge in [0.25, 0.3) is 0 Å². The molecule has 5 atom stereocenters. The molecule has 0 aromatic heterocycles. The Morgan fingerprint density at radius 1 is 1.14 bits per heavy atom. The van der Waals surface area contributed by atoms with Crippen LogP contribution in [0.5, 0.6) is 5.75 Å². The minimum absolute atomic E-state index is 0.274. The minimum Gasteiger partial charge on any atom is -0.462 e. The standard InChI is InChI=1S/C15H20O6/c1-15(2)18-8-10-13(21-15)11(16)12(17)14(20-10)19-9-6-4-3-5-7-9/h3-7,10-14,16-17H,8H2,1-2H3/t10-,11-,12-,13-,14-/m1/s1. The first-order valence-corrected chi connectivity index (χ1v) is 7.01. The smallest absolute Gasteiger partial charge is 0.229 e. The van der Waals surface area contributed by atoms with Crippen molar-refractivity contribution in [3.05, 3.63) is 30.3 Å². The number of hydrogen-bond donors (Lipinski definition) is 2. The number of rotatable bonds is 2. The van der Waals surface area contributed by atoms with Gasteiger partial charge in [-0.05, 0) is 26.0 Å². The highest BCUT2D eigenvalue weighted by Crippen LogP contribution is 2.33. The molecule has 2 N–H and O–H groups in total. The van der Waals surface area contributed by atoms with Crippen molar-refractivity contribution in [1.29, 1.82) is 0 Å². The van der Waals surface area contributed by atoms with Crippen LogP contribution in [0.4, 0.5) is 0 Å². The summed E-state index contributed by atoms with van der Waals surface area (Å²) < 4.78 is 22.5. The van der Waals surface area contributed by atoms with E-state index in [1.807, 2.05) is 18.2 Å². The molecule has 0 unspecified atom stereocenters. The van der Waals surface area contributed by atoms with Crippen LogP contribution in [0.15, 0.2) is 30.3 Å². The molecule has 2 heterocycles. The van der Waals surface area contributed by atoms with Crippen LogP contribution < -0.4 is 4.74 Å². The molecule has 0 bridgehead atoms. The van der Waals surface area contributed by atoms with E-state index in [1.165, 1.54) is 0 Å². The Morgan fingerprint density at radius 2 is 1.86 bits per heavy atom. The van der Waals surface area contributed by atoms with Crippen molar-refractivity contribution in [2.24, 2.45) is 0 Å². The van der Waals surface area contributed by atoms with E-state index in [-0.39, 0.29) is 6.61 Å². The Hall–Kier alpha value is -1.18. The van der Waals surface area contributed by atoms with Gasteiger partial charge in [-0.2, -0.15) is 0 Å². The second kappa shape index (κ2) is 5.55. The molecule has 1 aromatic carbocycles. The molecule has 0 aliphatic carbocycles. The van der Waals surface area contributed by atoms with Gasteiger partial charge in [0.15, 0.2) is 5.79 Å². The topological polar surface area (TPSA) is 77.4 Å². The van der Waals surface area contributed by atoms with Gasteiger partial charge in [0.1, 0.15) is 30.2 Å². The highest BCUT2D eigenvalue weighted by molar-refractivity contribution is 5.21. The maximum atomic E-state index is 10.3. The van der Waals surface area contributed by atoms with Crippen molar-refractivity contribution < 1.29 is 29.2 Å². The summed E-state index contributed by atoms with van der Waals surface area (Å²) in [6.07, 6.45) is -4.37. The zero-order chi connectivity index (χ0) is 15.0. The first kappa shape index (κ1) is 14.7. The number of aliphatic hydroxyl groups is 2. The number of ether oxygens (including phenoxy) is 4. The van der Waals surface area contributed by atoms with Gasteiger partial charge >= 0.3 is 0 Å². The van der Waals surface area contributed by atoms with Crippen molar-refractivity contribution in [3.63, 3.8) is 0 Å². The normalized spacial score (nSPS) is 38.6. The summed E-state index contributed by atoms with van der Waals surface area (Å²) in [5, 5.41) is 20.5. The van der Waals surface area contributed by atoms with Crippen molar-refractivity contribution in [2.75, 3.05) is 6.61 Å². The number of benzene rings is 1. The van der Waals surface area contributed by atoms with Crippen LogP contribution in [-0.2, 0) is 14.2 Å². The van der Waals surface area contributed by atoms with Crippen molar-refractivity contribution >= 4 is 0 Å². The average Bonchev–Trinajstić information content (AvgIpc) is 2.46. The predicted octanol–water partition coefficient (Wildman–Crippen LogP) is 0.664. The predicted molar refractivity (Wildman–Crippen MR) is 72.6 cm³/mol. The van der Waals surface area contributed by atoms with Gasteiger partial charge in [0, 0.05) is 0 Å². The maximum Gasteiger partial charge on any atom is 0.229 e. The van der Waals surface area contributed by atoms with Gasteiger partial charge < -0.3 is 29.2 Å². The molecule has 3 rings (SSSR count). The van der Waals surface area contributed by atoms with Gasteiger partial charge in [-0.15, -0.1) is 0 Å². The third-order valence-electron chi connectivity index (χ3n) is 3.65. The lowest BCUT2D eigenvalue weighted by Crippen LogP contribution is -2.65. The Kier molecular flexibility index (Phi) is 3.90. The molecule has 0 saturated carbocycles. The molecule has 0 amide bonds. The fraction of sp³-hybridized carbons (Fsp3) is 0.600. The molecule has 2 saturated heterocycles. The molecular weight excluding hydrogens is 276 g/mol. The van der Waals surface area contributed by atoms with E-state index in [0.29, 0.717) is 5.75 Å². The quantitative estimate of drug-likeness (QED) is 0.835. The van der Waals surface area contributed by atoms with Crippen molar-refractivity contribution in [1.82, 2.24) is 0 Å². The molecule has 6 heteroatoms. The van der Waals surface area contributed by atoms with E-state index >= 15 is 0 Å². The first-order chi connectivity index (χ1) is 9.96. The van der Waals surface area contributed by atoms with Gasteiger partial charge in [-0.25, -0.2) is 0 Å². The molecular formula is C15H20O6. The van der Waals surface area contributed by atoms with Crippen LogP contribution in [0.2, 0.25) is 0 Å². The molecule has 2 fully saturated rings. The summed E-state index contributed by atoms with van der Waals surface area (Å²) in [5.74, 6) is -0.247. The second-order valence-electron chi connectivity index (χ2n) is 5.75. The van der Waals surface area contributed by atoms with Crippen molar-refractivity contribution in [2.45, 2.75) is 50.3 Å². The molecule has 1 aromatic rings. The molecule has 2 aliphatic heterocycles. The summed E-state index contributed by atoms with van der Waals surface area (Å²) >= 11 is 0. The molecule has 0 radical (unpaired) electrons. The van der Waals surface area contributed by atoms with Crippen LogP contribution in [-0.4, -0.2) is 53.3 Å². The number of hydrogen-bond acceptors (Lipinski definition) is 6. The first-order valence-electron chi connectivity index (χ1n) is 7.01. The largest absolute Gasteiger partial charge is 0.462 e. The lowest BCUT2D eigenvalue weighted by molar-refractivity contribution is -0.373. The molecule has 21 heavy (non-hydrogen) atoms. The van der Waals surface area contributed by atoms with E-state index in [0.717, 1.165) is 0 Å². The number of aliphatic hydroxyl groups excluding tert-OH is 2. The summed E-state index contributed by atoms with van der Waals surface area (Å²) in [6, 6.07) is 9.01. The van der Waals surface area contributed by atoms with E-state index < -0.39 is 36.5 Å². The lowest BCUT2D eigenvalue weighted by Gasteiger charge is -2.48. The van der Waals surface area contributed by atoms with E-state index in [1.54, 1.807) is 26.0 Å². The van der Waals surface area contributed by atoms with E-state index in [2.05, 4.69) is 0 Å². The van der Waals surface area contributed by atoms with Gasteiger partial charge in [-0.1, -0.05) is 18.2 Å². The third-order valence-corrected chi connectivity index (χ3v) is 3.65. The average molecular weight is 296 g/mol. The van der Waals surface area contributed by atoms with Crippen LogP contribution in [0, 0.1) is 0 Å². The SMILES string of the molecule is CC1(C)OC[C@H]2O[C@@H](Oc3ccccc3)[C@H](O)[C@@H](O)[C@@H]2O1. The van der Waals surface area contributed by atoms with Gasteiger partial charge in [0.2, 0.25) is 6.29 Å². The fourth-order valence-corrected chi connectivity index (χ4v) is 2.56. The summed E-state index contributed by atoms with van der Waals surface area (Å²) in [6.45, 7) is 3.79. The summed E-state index contributed by atoms with van der Waals surface area (Å²) in [4.78, 5) is 0. The minimum atomic E-state index is -1.19. The third kappa shape index (κ3) is 3.04. The lowest BCUT2D eigenvalue weighted by atomic mass is 9.97. The van der Waals surface area contributed by atoms with Gasteiger partial charge in [0.05, 0.1) is 6.61 Å². The Balaban J connectivity index is 1.72. The second-order valence-corrected chi connectivity index (χ2v) is 5.75. The van der Waals surface area contributed by atoms with E-state index in [4.69, 9.17) is 18.9 Å². The van der Waals surface area contributed by atoms with Crippen LogP contribution in [0.1, 0.15) is 13.8 Å².